The number of piperazine rings is 1. The minimum Gasteiger partial charge on any atom is -0.495 e. The lowest BCUT2D eigenvalue weighted by Crippen LogP contribution is -2.59. The number of methoxy groups -OCH3 is 1. The number of nitrogens with zero attached hydrogens (tertiary/aromatic N) is 3. The van der Waals surface area contributed by atoms with E-state index in [9.17, 15) is 4.79 Å². The Hall–Kier alpha value is -1.38. The normalized spacial score (nSPS) is 22.3. The summed E-state index contributed by atoms with van der Waals surface area (Å²) < 4.78 is 12.1. The number of hydrogen-bond donors (Lipinski definition) is 0. The molecule has 4 rings (SSSR count). The summed E-state index contributed by atoms with van der Waals surface area (Å²) in [4.78, 5) is 21.6. The van der Waals surface area contributed by atoms with Crippen LogP contribution in [0.1, 0.15) is 22.2 Å². The number of pyridine rings is 1. The van der Waals surface area contributed by atoms with Crippen molar-refractivity contribution in [3.05, 3.63) is 56.2 Å². The predicted molar refractivity (Wildman–Crippen MR) is 115 cm³/mol. The summed E-state index contributed by atoms with van der Waals surface area (Å²) in [7, 11) is 1.54. The molecule has 3 heterocycles. The van der Waals surface area contributed by atoms with E-state index in [0.717, 1.165) is 23.3 Å². The van der Waals surface area contributed by atoms with E-state index in [-0.39, 0.29) is 18.1 Å². The molecule has 9 heteroatoms. The molecular weight excluding hydrogens is 481 g/mol. The van der Waals surface area contributed by atoms with Crippen LogP contribution in [0.25, 0.3) is 0 Å². The quantitative estimate of drug-likeness (QED) is 0.636. The Morgan fingerprint density at radius 1 is 1.31 bits per heavy atom. The highest BCUT2D eigenvalue weighted by atomic mass is 79.9. The fourth-order valence-electron chi connectivity index (χ4n) is 3.76. The highest BCUT2D eigenvalue weighted by Gasteiger charge is 2.36. The predicted octanol–water partition coefficient (Wildman–Crippen LogP) is 4.06. The molecule has 2 atom stereocenters. The van der Waals surface area contributed by atoms with Crippen molar-refractivity contribution in [2.75, 3.05) is 39.9 Å². The number of amides is 1. The third kappa shape index (κ3) is 4.25. The maximum Gasteiger partial charge on any atom is 0.255 e. The summed E-state index contributed by atoms with van der Waals surface area (Å²) in [5.41, 5.74) is 1.31. The molecule has 154 valence electrons. The van der Waals surface area contributed by atoms with E-state index in [1.54, 1.807) is 24.4 Å². The van der Waals surface area contributed by atoms with E-state index < -0.39 is 0 Å². The largest absolute Gasteiger partial charge is 0.495 e. The lowest BCUT2D eigenvalue weighted by molar-refractivity contribution is -0.0872. The Labute approximate surface area is 187 Å². The van der Waals surface area contributed by atoms with Gasteiger partial charge in [0, 0.05) is 36.8 Å². The van der Waals surface area contributed by atoms with Gasteiger partial charge in [0.25, 0.3) is 5.91 Å². The first-order valence-electron chi connectivity index (χ1n) is 9.26. The van der Waals surface area contributed by atoms with Crippen LogP contribution in [-0.2, 0) is 4.74 Å². The molecule has 0 spiro atoms. The van der Waals surface area contributed by atoms with Gasteiger partial charge in [0.1, 0.15) is 11.9 Å². The smallest absolute Gasteiger partial charge is 0.255 e. The first-order valence-corrected chi connectivity index (χ1v) is 10.8. The Kier molecular flexibility index (Phi) is 6.32. The molecule has 1 aromatic heterocycles. The molecule has 0 N–H and O–H groups in total. The number of hydrogen-bond acceptors (Lipinski definition) is 5. The second kappa shape index (κ2) is 8.78. The number of carbonyl (C=O) groups is 1. The third-order valence-electron chi connectivity index (χ3n) is 5.36. The van der Waals surface area contributed by atoms with Crippen molar-refractivity contribution in [1.29, 1.82) is 0 Å². The third-order valence-corrected chi connectivity index (χ3v) is 6.93. The molecule has 2 aliphatic heterocycles. The summed E-state index contributed by atoms with van der Waals surface area (Å²) in [5.74, 6) is 0.417. The van der Waals surface area contributed by atoms with Gasteiger partial charge in [-0.25, -0.2) is 0 Å². The van der Waals surface area contributed by atoms with Crippen molar-refractivity contribution in [1.82, 2.24) is 14.8 Å². The highest BCUT2D eigenvalue weighted by Crippen LogP contribution is 2.32. The Morgan fingerprint density at radius 3 is 2.90 bits per heavy atom. The lowest BCUT2D eigenvalue weighted by atomic mass is 10.1. The lowest BCUT2D eigenvalue weighted by Gasteiger charge is -2.46. The van der Waals surface area contributed by atoms with Crippen molar-refractivity contribution >= 4 is 45.0 Å². The van der Waals surface area contributed by atoms with Crippen LogP contribution < -0.4 is 4.74 Å². The van der Waals surface area contributed by atoms with Crippen LogP contribution in [0.15, 0.2) is 34.9 Å². The molecule has 0 bridgehead atoms. The zero-order chi connectivity index (χ0) is 20.5. The summed E-state index contributed by atoms with van der Waals surface area (Å²) in [5, 5.41) is 0.924. The number of fused-ring (bicyclic) bond motifs is 1. The van der Waals surface area contributed by atoms with E-state index in [2.05, 4.69) is 25.8 Å². The van der Waals surface area contributed by atoms with Crippen LogP contribution >= 0.6 is 39.1 Å². The Bertz CT molecular complexity index is 930. The van der Waals surface area contributed by atoms with Crippen LogP contribution in [0.3, 0.4) is 0 Å². The highest BCUT2D eigenvalue weighted by molar-refractivity contribution is 9.10. The number of morpholine rings is 1. The van der Waals surface area contributed by atoms with E-state index in [4.69, 9.17) is 32.7 Å². The number of rotatable bonds is 3. The zero-order valence-electron chi connectivity index (χ0n) is 15.8. The van der Waals surface area contributed by atoms with Crippen molar-refractivity contribution in [3.8, 4) is 5.75 Å². The van der Waals surface area contributed by atoms with Crippen LogP contribution in [0.2, 0.25) is 10.0 Å². The van der Waals surface area contributed by atoms with Crippen molar-refractivity contribution < 1.29 is 14.3 Å². The van der Waals surface area contributed by atoms with Crippen molar-refractivity contribution in [3.63, 3.8) is 0 Å². The van der Waals surface area contributed by atoms with E-state index in [1.165, 1.54) is 7.11 Å². The fraction of sp³-hybridized carbons (Fsp3) is 0.400. The summed E-state index contributed by atoms with van der Waals surface area (Å²) >= 11 is 15.8. The van der Waals surface area contributed by atoms with E-state index >= 15 is 0 Å². The standard InChI is InChI=1S/C20H20BrCl2N3O3/c1-28-17-4-2-3-13(19(17)23)20(27)26-6-5-25-10-18(29-11-12(25)9-26)16-7-14(21)15(22)8-24-16/h2-4,7-8,12,18H,5-6,9-11H2,1H3/t12-,18-/m0/s1. The minimum absolute atomic E-state index is 0.0843. The van der Waals surface area contributed by atoms with E-state index in [1.807, 2.05) is 11.0 Å². The van der Waals surface area contributed by atoms with Gasteiger partial charge < -0.3 is 14.4 Å². The first-order chi connectivity index (χ1) is 14.0. The molecule has 0 aliphatic carbocycles. The monoisotopic (exact) mass is 499 g/mol. The summed E-state index contributed by atoms with van der Waals surface area (Å²) in [6.45, 7) is 3.26. The molecule has 1 aromatic carbocycles. The molecule has 0 saturated carbocycles. The van der Waals surface area contributed by atoms with Gasteiger partial charge in [-0.05, 0) is 34.1 Å². The number of carbonyl (C=O) groups excluding carboxylic acids is 1. The minimum atomic E-state index is -0.116. The van der Waals surface area contributed by atoms with Crippen LogP contribution in [0.4, 0.5) is 0 Å². The van der Waals surface area contributed by atoms with Gasteiger partial charge in [0.05, 0.1) is 41.1 Å². The molecule has 2 aromatic rings. The molecule has 0 unspecified atom stereocenters. The summed E-state index contributed by atoms with van der Waals surface area (Å²) in [6.07, 6.45) is 1.51. The maximum atomic E-state index is 13.0. The van der Waals surface area contributed by atoms with Gasteiger partial charge in [0.2, 0.25) is 0 Å². The van der Waals surface area contributed by atoms with Gasteiger partial charge >= 0.3 is 0 Å². The second-order valence-corrected chi connectivity index (χ2v) is 8.71. The molecule has 2 saturated heterocycles. The second-order valence-electron chi connectivity index (χ2n) is 7.07. The molecule has 2 aliphatic rings. The zero-order valence-corrected chi connectivity index (χ0v) is 18.9. The van der Waals surface area contributed by atoms with Gasteiger partial charge in [-0.1, -0.05) is 29.3 Å². The average Bonchev–Trinajstić information content (AvgIpc) is 2.74. The van der Waals surface area contributed by atoms with Crippen molar-refractivity contribution in [2.24, 2.45) is 0 Å². The van der Waals surface area contributed by atoms with Crippen LogP contribution in [-0.4, -0.2) is 66.6 Å². The molecule has 0 radical (unpaired) electrons. The number of aromatic nitrogens is 1. The number of benzene rings is 1. The fourth-order valence-corrected chi connectivity index (χ4v) is 4.48. The molecule has 2 fully saturated rings. The van der Waals surface area contributed by atoms with Gasteiger partial charge in [-0.2, -0.15) is 0 Å². The topological polar surface area (TPSA) is 54.9 Å². The Morgan fingerprint density at radius 2 is 2.14 bits per heavy atom. The number of ether oxygens (including phenoxy) is 2. The Balaban J connectivity index is 1.43. The SMILES string of the molecule is COc1cccc(C(=O)N2CCN3C[C@@H](c4cc(Br)c(Cl)cn4)OC[C@@H]3C2)c1Cl. The molecule has 6 nitrogen and oxygen atoms in total. The van der Waals surface area contributed by atoms with Crippen molar-refractivity contribution in [2.45, 2.75) is 12.1 Å². The van der Waals surface area contributed by atoms with E-state index in [0.29, 0.717) is 41.1 Å². The van der Waals surface area contributed by atoms with Gasteiger partial charge in [-0.15, -0.1) is 0 Å². The summed E-state index contributed by atoms with van der Waals surface area (Å²) in [6, 6.07) is 7.30. The molecular formula is C20H20BrCl2N3O3. The average molecular weight is 501 g/mol. The molecule has 29 heavy (non-hydrogen) atoms. The van der Waals surface area contributed by atoms with Crippen LogP contribution in [0.5, 0.6) is 5.75 Å². The first kappa shape index (κ1) is 20.9. The molecule has 1 amide bonds. The maximum absolute atomic E-state index is 13.0. The number of halogens is 3. The van der Waals surface area contributed by atoms with Crippen LogP contribution in [0, 0.1) is 0 Å². The van der Waals surface area contributed by atoms with Gasteiger partial charge in [0.15, 0.2) is 0 Å². The van der Waals surface area contributed by atoms with Gasteiger partial charge in [-0.3, -0.25) is 14.7 Å².